The molecule has 0 unspecified atom stereocenters. The summed E-state index contributed by atoms with van der Waals surface area (Å²) in [4.78, 5) is 9.37. The molecule has 3 N–H and O–H groups in total. The Balaban J connectivity index is 0. The molecule has 15 heavy (non-hydrogen) atoms. The molecule has 0 radical (unpaired) electrons. The molecule has 0 aromatic heterocycles. The predicted molar refractivity (Wildman–Crippen MR) is 63.8 cm³/mol. The number of aryl methyl sites for hydroxylation is 1. The van der Waals surface area contributed by atoms with Crippen molar-refractivity contribution in [2.75, 3.05) is 6.54 Å². The molecule has 86 valence electrons. The molecule has 3 nitrogen and oxygen atoms in total. The molecule has 3 heteroatoms. The Morgan fingerprint density at radius 1 is 1.27 bits per heavy atom. The van der Waals surface area contributed by atoms with Gasteiger partial charge in [0.15, 0.2) is 0 Å². The second-order valence-corrected chi connectivity index (χ2v) is 2.81. The molecule has 0 saturated carbocycles. The van der Waals surface area contributed by atoms with Gasteiger partial charge in [-0.25, -0.2) is 0 Å². The summed E-state index contributed by atoms with van der Waals surface area (Å²) < 4.78 is 0. The molecule has 0 saturated heterocycles. The zero-order valence-corrected chi connectivity index (χ0v) is 9.73. The lowest BCUT2D eigenvalue weighted by Crippen LogP contribution is -1.87. The van der Waals surface area contributed by atoms with Gasteiger partial charge < -0.3 is 10.8 Å². The van der Waals surface area contributed by atoms with Crippen LogP contribution in [0.1, 0.15) is 25.8 Å². The predicted octanol–water partition coefficient (Wildman–Crippen LogP) is 2.44. The fraction of sp³-hybridized carbons (Fsp3) is 0.417. The summed E-state index contributed by atoms with van der Waals surface area (Å²) in [6, 6.07) is 10.3. The number of aliphatic carboxylic acids is 1. The zero-order valence-electron chi connectivity index (χ0n) is 9.73. The third kappa shape index (κ3) is 19.2. The maximum absolute atomic E-state index is 9.37. The number of hydrogen-bond acceptors (Lipinski definition) is 2. The summed E-state index contributed by atoms with van der Waals surface area (Å²) in [6.07, 6.45) is 0.222. The van der Waals surface area contributed by atoms with E-state index >= 15 is 0 Å². The lowest BCUT2D eigenvalue weighted by Gasteiger charge is -1.82. The van der Waals surface area contributed by atoms with Gasteiger partial charge in [0.25, 0.3) is 0 Å². The Kier molecular flexibility index (Phi) is 13.6. The first-order valence-electron chi connectivity index (χ1n) is 5.01. The van der Waals surface area contributed by atoms with Crippen LogP contribution in [0.15, 0.2) is 30.3 Å². The van der Waals surface area contributed by atoms with Crippen LogP contribution >= 0.6 is 0 Å². The van der Waals surface area contributed by atoms with Crippen LogP contribution < -0.4 is 5.73 Å². The van der Waals surface area contributed by atoms with Crippen molar-refractivity contribution in [1.29, 1.82) is 0 Å². The number of nitrogens with two attached hydrogens (primary N) is 1. The van der Waals surface area contributed by atoms with Crippen LogP contribution in [0.5, 0.6) is 0 Å². The molecule has 1 aromatic rings. The summed E-state index contributed by atoms with van der Waals surface area (Å²) in [5, 5.41) is 7.72. The molecule has 0 aliphatic heterocycles. The SMILES string of the molecule is CCC(=O)O.CCN.Cc1ccccc1. The number of carboxylic acid groups (broad SMARTS) is 1. The van der Waals surface area contributed by atoms with Gasteiger partial charge in [-0.1, -0.05) is 49.7 Å². The summed E-state index contributed by atoms with van der Waals surface area (Å²) in [5.74, 6) is -0.745. The monoisotopic (exact) mass is 211 g/mol. The third-order valence-corrected chi connectivity index (χ3v) is 1.24. The average Bonchev–Trinajstić information content (AvgIpc) is 2.21. The molecule has 0 aliphatic rings. The van der Waals surface area contributed by atoms with E-state index in [0.29, 0.717) is 0 Å². The van der Waals surface area contributed by atoms with Gasteiger partial charge in [0, 0.05) is 6.42 Å². The Morgan fingerprint density at radius 3 is 1.73 bits per heavy atom. The van der Waals surface area contributed by atoms with Gasteiger partial charge in [-0.3, -0.25) is 4.79 Å². The van der Waals surface area contributed by atoms with Gasteiger partial charge >= 0.3 is 5.97 Å². The smallest absolute Gasteiger partial charge is 0.303 e. The standard InChI is InChI=1S/C7H8.C3H6O2.C2H7N/c1-7-5-3-2-4-6-7;1-2-3(4)5;1-2-3/h2-6H,1H3;2H2,1H3,(H,4,5);2-3H2,1H3. The Labute approximate surface area is 91.9 Å². The van der Waals surface area contributed by atoms with Crippen LogP contribution in [0.4, 0.5) is 0 Å². The normalized spacial score (nSPS) is 7.73. The van der Waals surface area contributed by atoms with Crippen molar-refractivity contribution in [3.63, 3.8) is 0 Å². The summed E-state index contributed by atoms with van der Waals surface area (Å²) >= 11 is 0. The quantitative estimate of drug-likeness (QED) is 0.750. The lowest BCUT2D eigenvalue weighted by atomic mass is 10.2. The molecule has 0 spiro atoms. The van der Waals surface area contributed by atoms with Crippen molar-refractivity contribution in [3.05, 3.63) is 35.9 Å². The third-order valence-electron chi connectivity index (χ3n) is 1.24. The van der Waals surface area contributed by atoms with E-state index in [9.17, 15) is 4.79 Å². The molecule has 0 bridgehead atoms. The van der Waals surface area contributed by atoms with Crippen LogP contribution in [0.3, 0.4) is 0 Å². The highest BCUT2D eigenvalue weighted by Gasteiger charge is 1.80. The van der Waals surface area contributed by atoms with E-state index in [-0.39, 0.29) is 6.42 Å². The van der Waals surface area contributed by atoms with Gasteiger partial charge in [-0.2, -0.15) is 0 Å². The van der Waals surface area contributed by atoms with E-state index in [1.54, 1.807) is 6.92 Å². The van der Waals surface area contributed by atoms with E-state index in [4.69, 9.17) is 10.8 Å². The summed E-state index contributed by atoms with van der Waals surface area (Å²) in [6.45, 7) is 6.34. The maximum Gasteiger partial charge on any atom is 0.303 e. The average molecular weight is 211 g/mol. The van der Waals surface area contributed by atoms with Crippen molar-refractivity contribution in [3.8, 4) is 0 Å². The van der Waals surface area contributed by atoms with Crippen LogP contribution in [0.2, 0.25) is 0 Å². The van der Waals surface area contributed by atoms with Crippen molar-refractivity contribution >= 4 is 5.97 Å². The molecular formula is C12H21NO2. The van der Waals surface area contributed by atoms with Crippen LogP contribution in [-0.2, 0) is 4.79 Å². The molecular weight excluding hydrogens is 190 g/mol. The van der Waals surface area contributed by atoms with E-state index in [2.05, 4.69) is 19.1 Å². The molecule has 1 rings (SSSR count). The molecule has 0 aliphatic carbocycles. The first kappa shape index (κ1) is 16.1. The van der Waals surface area contributed by atoms with Crippen LogP contribution in [0.25, 0.3) is 0 Å². The lowest BCUT2D eigenvalue weighted by molar-refractivity contribution is -0.136. The van der Waals surface area contributed by atoms with E-state index in [0.717, 1.165) is 6.54 Å². The van der Waals surface area contributed by atoms with Gasteiger partial charge in [0.1, 0.15) is 0 Å². The highest BCUT2D eigenvalue weighted by atomic mass is 16.4. The number of rotatable bonds is 1. The Hall–Kier alpha value is -1.35. The van der Waals surface area contributed by atoms with E-state index < -0.39 is 5.97 Å². The minimum Gasteiger partial charge on any atom is -0.481 e. The Bertz CT molecular complexity index is 235. The van der Waals surface area contributed by atoms with Crippen LogP contribution in [-0.4, -0.2) is 17.6 Å². The summed E-state index contributed by atoms with van der Waals surface area (Å²) in [5.41, 5.74) is 6.17. The zero-order chi connectivity index (χ0) is 12.1. The van der Waals surface area contributed by atoms with Crippen molar-refractivity contribution in [2.45, 2.75) is 27.2 Å². The molecule has 0 heterocycles. The topological polar surface area (TPSA) is 63.3 Å². The Morgan fingerprint density at radius 2 is 1.60 bits per heavy atom. The van der Waals surface area contributed by atoms with Gasteiger partial charge in [-0.15, -0.1) is 0 Å². The van der Waals surface area contributed by atoms with Crippen molar-refractivity contribution in [2.24, 2.45) is 5.73 Å². The van der Waals surface area contributed by atoms with Gasteiger partial charge in [0.2, 0.25) is 0 Å². The number of benzene rings is 1. The number of hydrogen-bond donors (Lipinski definition) is 2. The minimum atomic E-state index is -0.745. The molecule has 0 fully saturated rings. The van der Waals surface area contributed by atoms with Gasteiger partial charge in [-0.05, 0) is 13.5 Å². The molecule has 0 atom stereocenters. The van der Waals surface area contributed by atoms with Crippen molar-refractivity contribution in [1.82, 2.24) is 0 Å². The first-order valence-corrected chi connectivity index (χ1v) is 5.01. The highest BCUT2D eigenvalue weighted by Crippen LogP contribution is 1.92. The second-order valence-electron chi connectivity index (χ2n) is 2.81. The first-order chi connectivity index (χ1) is 7.08. The summed E-state index contributed by atoms with van der Waals surface area (Å²) in [7, 11) is 0. The van der Waals surface area contributed by atoms with E-state index in [1.165, 1.54) is 5.56 Å². The molecule has 1 aromatic carbocycles. The van der Waals surface area contributed by atoms with Gasteiger partial charge in [0.05, 0.1) is 0 Å². The van der Waals surface area contributed by atoms with Crippen molar-refractivity contribution < 1.29 is 9.90 Å². The minimum absolute atomic E-state index is 0.222. The fourth-order valence-electron chi connectivity index (χ4n) is 0.534. The largest absolute Gasteiger partial charge is 0.481 e. The maximum atomic E-state index is 9.37. The van der Waals surface area contributed by atoms with Crippen LogP contribution in [0, 0.1) is 6.92 Å². The molecule has 0 amide bonds. The highest BCUT2D eigenvalue weighted by molar-refractivity contribution is 5.66. The number of carbonyl (C=O) groups is 1. The number of carboxylic acids is 1. The fourth-order valence-corrected chi connectivity index (χ4v) is 0.534. The van der Waals surface area contributed by atoms with E-state index in [1.807, 2.05) is 25.1 Å². The second kappa shape index (κ2) is 12.7.